The number of unbranched alkanes of at least 4 members (excludes halogenated alkanes) is 52. The zero-order valence-corrected chi connectivity index (χ0v) is 79.5. The molecule has 0 aromatic rings. The van der Waals surface area contributed by atoms with Crippen molar-refractivity contribution in [2.24, 2.45) is 0 Å². The van der Waals surface area contributed by atoms with Gasteiger partial charge in [-0.1, -0.05) is 444 Å². The van der Waals surface area contributed by atoms with Crippen molar-refractivity contribution >= 4 is 33.6 Å². The highest BCUT2D eigenvalue weighted by Crippen LogP contribution is 2.45. The number of aliphatic hydroxyl groups excluding tert-OH is 2. The zero-order chi connectivity index (χ0) is 87.9. The van der Waals surface area contributed by atoms with Crippen LogP contribution in [0.4, 0.5) is 0 Å². The van der Waals surface area contributed by atoms with Gasteiger partial charge in [0.25, 0.3) is 0 Å². The summed E-state index contributed by atoms with van der Waals surface area (Å²) in [4.78, 5) is 59.0. The van der Waals surface area contributed by atoms with Gasteiger partial charge in [-0.25, -0.2) is 9.13 Å². The van der Waals surface area contributed by atoms with Crippen LogP contribution in [-0.4, -0.2) is 95.9 Å². The Hall–Kier alpha value is -4.05. The Labute approximate surface area is 742 Å². The maximum Gasteiger partial charge on any atom is 0.472 e. The first-order valence-corrected chi connectivity index (χ1v) is 52.8. The Bertz CT molecular complexity index is 2680. The van der Waals surface area contributed by atoms with Gasteiger partial charge in [0.05, 0.1) is 26.4 Å². The lowest BCUT2D eigenvalue weighted by molar-refractivity contribution is -0.161. The molecular weight excluding hydrogens is 1560 g/mol. The zero-order valence-electron chi connectivity index (χ0n) is 77.7. The maximum absolute atomic E-state index is 13.0. The Morgan fingerprint density at radius 2 is 0.438 bits per heavy atom. The number of aliphatic hydroxyl groups is 2. The highest BCUT2D eigenvalue weighted by atomic mass is 31.2. The lowest BCUT2D eigenvalue weighted by Gasteiger charge is -2.21. The summed E-state index contributed by atoms with van der Waals surface area (Å²) in [6.07, 6.45) is 119. The van der Waals surface area contributed by atoms with Crippen molar-refractivity contribution in [2.75, 3.05) is 39.6 Å². The molecule has 0 aliphatic rings. The Kier molecular flexibility index (Phi) is 91.9. The van der Waals surface area contributed by atoms with Crippen molar-refractivity contribution in [1.82, 2.24) is 0 Å². The molecule has 0 aliphatic carbocycles. The van der Waals surface area contributed by atoms with E-state index in [0.29, 0.717) is 19.3 Å². The lowest BCUT2D eigenvalue weighted by Crippen LogP contribution is -2.30. The molecule has 16 nitrogen and oxygen atoms in total. The summed E-state index contributed by atoms with van der Waals surface area (Å²) in [5.41, 5.74) is 0. The highest BCUT2D eigenvalue weighted by Gasteiger charge is 2.30. The first kappa shape index (κ1) is 117. The molecule has 121 heavy (non-hydrogen) atoms. The van der Waals surface area contributed by atoms with Crippen molar-refractivity contribution in [3.05, 3.63) is 122 Å². The van der Waals surface area contributed by atoms with E-state index in [4.69, 9.17) is 32.3 Å². The van der Waals surface area contributed by atoms with Crippen LogP contribution in [0.2, 0.25) is 0 Å². The molecule has 5 unspecified atom stereocenters. The number of phosphoric ester groups is 2. The number of esters is 3. The summed E-state index contributed by atoms with van der Waals surface area (Å²) in [6.45, 7) is 2.64. The average Bonchev–Trinajstić information content (AvgIpc) is 0.890. The van der Waals surface area contributed by atoms with E-state index in [1.165, 1.54) is 276 Å². The molecule has 0 spiro atoms. The molecule has 0 bridgehead atoms. The van der Waals surface area contributed by atoms with Crippen LogP contribution < -0.4 is 0 Å². The van der Waals surface area contributed by atoms with Crippen LogP contribution in [0.25, 0.3) is 0 Å². The van der Waals surface area contributed by atoms with Gasteiger partial charge < -0.3 is 34.2 Å². The fraction of sp³-hybridized carbons (Fsp3) is 0.777. The van der Waals surface area contributed by atoms with Crippen molar-refractivity contribution in [2.45, 2.75) is 476 Å². The summed E-state index contributed by atoms with van der Waals surface area (Å²) in [7, 11) is -9.79. The third-order valence-electron chi connectivity index (χ3n) is 21.7. The van der Waals surface area contributed by atoms with Crippen LogP contribution >= 0.6 is 15.6 Å². The molecule has 0 saturated carbocycles. The van der Waals surface area contributed by atoms with Crippen molar-refractivity contribution < 1.29 is 75.8 Å². The first-order chi connectivity index (χ1) is 59.2. The van der Waals surface area contributed by atoms with E-state index in [-0.39, 0.29) is 19.3 Å². The summed E-state index contributed by atoms with van der Waals surface area (Å²) in [5, 5.41) is 20.7. The van der Waals surface area contributed by atoms with Gasteiger partial charge in [-0.3, -0.25) is 32.5 Å². The molecule has 18 heteroatoms. The van der Waals surface area contributed by atoms with E-state index in [2.05, 4.69) is 142 Å². The molecular formula is C103H184O16P2. The summed E-state index contributed by atoms with van der Waals surface area (Å²) >= 11 is 0. The fourth-order valence-electron chi connectivity index (χ4n) is 14.2. The number of phosphoric acid groups is 2. The Morgan fingerprint density at radius 3 is 0.711 bits per heavy atom. The van der Waals surface area contributed by atoms with E-state index >= 15 is 0 Å². The number of carbonyl (C=O) groups excluding carboxylic acids is 3. The summed E-state index contributed by atoms with van der Waals surface area (Å²) < 4.78 is 61.5. The van der Waals surface area contributed by atoms with E-state index in [9.17, 15) is 43.5 Å². The number of allylic oxidation sites excluding steroid dienone is 20. The largest absolute Gasteiger partial charge is 0.472 e. The molecule has 0 aromatic heterocycles. The molecule has 0 rings (SSSR count). The van der Waals surface area contributed by atoms with E-state index < -0.39 is 91.5 Å². The van der Waals surface area contributed by atoms with Gasteiger partial charge in [0, 0.05) is 19.3 Å². The third-order valence-corrected chi connectivity index (χ3v) is 23.6. The van der Waals surface area contributed by atoms with Gasteiger partial charge in [-0.15, -0.1) is 0 Å². The van der Waals surface area contributed by atoms with Gasteiger partial charge in [-0.05, 0) is 116 Å². The number of ether oxygens (including phenoxy) is 3. The van der Waals surface area contributed by atoms with Gasteiger partial charge in [0.1, 0.15) is 25.4 Å². The fourth-order valence-corrected chi connectivity index (χ4v) is 15.7. The van der Waals surface area contributed by atoms with Crippen LogP contribution in [0.3, 0.4) is 0 Å². The molecule has 702 valence electrons. The van der Waals surface area contributed by atoms with Crippen LogP contribution in [-0.2, 0) is 55.8 Å². The van der Waals surface area contributed by atoms with E-state index in [0.717, 1.165) is 122 Å². The number of hydrogen-bond donors (Lipinski definition) is 4. The number of hydrogen-bond acceptors (Lipinski definition) is 14. The third kappa shape index (κ3) is 96.4. The maximum atomic E-state index is 13.0. The molecule has 0 saturated heterocycles. The molecule has 0 amide bonds. The molecule has 0 aromatic carbocycles. The van der Waals surface area contributed by atoms with Gasteiger partial charge in [-0.2, -0.15) is 0 Å². The Morgan fingerprint density at radius 1 is 0.240 bits per heavy atom. The average molecular weight is 1740 g/mol. The second-order valence-electron chi connectivity index (χ2n) is 33.6. The molecule has 5 atom stereocenters. The van der Waals surface area contributed by atoms with Crippen molar-refractivity contribution in [1.29, 1.82) is 0 Å². The molecule has 0 radical (unpaired) electrons. The standard InChI is InChI=1S/C103H184O16P2/c1-4-7-10-13-16-19-22-25-28-30-32-34-36-38-40-42-44-46-48-50-52-54-56-58-60-62-64-66-69-71-74-77-80-83-86-89-101(106)113-92-98(104)93-115-120(109,110)116-94-99(105)95-117-121(111,112)118-97-100(119-103(108)91-88-85-82-79-76-73-68-27-24-21-18-15-12-9-6-3)96-114-102(107)90-87-84-81-78-75-72-70-67-65-63-61-59-57-55-53-51-49-47-45-43-41-39-37-35-33-31-29-26-23-20-17-14-11-8-5-2/h7,10,16-17,19-20,25-26,28-29,32-35,38-41,44,46,98-100,104-105H,4-6,8-9,11-15,18,21-24,27,30-31,36-37,42-43,45,47-97H2,1-3H3,(H,109,110)(H,111,112)/b10-7-,19-16-,20-17-,28-25-,29-26-,34-32-,35-33-,40-38-,41-39-,46-44-. The van der Waals surface area contributed by atoms with E-state index in [1.54, 1.807) is 0 Å². The molecule has 0 aliphatic heterocycles. The first-order valence-electron chi connectivity index (χ1n) is 49.8. The number of rotatable bonds is 95. The predicted molar refractivity (Wildman–Crippen MR) is 510 cm³/mol. The van der Waals surface area contributed by atoms with Crippen LogP contribution in [0.15, 0.2) is 122 Å². The second-order valence-corrected chi connectivity index (χ2v) is 36.5. The van der Waals surface area contributed by atoms with Gasteiger partial charge >= 0.3 is 33.6 Å². The van der Waals surface area contributed by atoms with Crippen LogP contribution in [0.5, 0.6) is 0 Å². The minimum Gasteiger partial charge on any atom is -0.463 e. The van der Waals surface area contributed by atoms with Gasteiger partial charge in [0.2, 0.25) is 0 Å². The van der Waals surface area contributed by atoms with E-state index in [1.807, 2.05) is 0 Å². The quantitative estimate of drug-likeness (QED) is 0.0146. The molecule has 0 heterocycles. The summed E-state index contributed by atoms with van der Waals surface area (Å²) in [6, 6.07) is 0. The normalized spacial score (nSPS) is 14.2. The SMILES string of the molecule is CC/C=C\C/C=C\C/C=C\C/C=C\C/C=C\C/C=C\CCCCCCCCCCCCCCCCCCC(=O)OCC(O)COP(=O)(O)OCC(O)COP(=O)(O)OCC(COC(=O)CCCCCCCCCCCCCCCCCCCCC/C=C\C/C=C\C/C=C\C/C=C\CCCCC)OC(=O)CCCCCCCCCCCCCCCCC. The minimum atomic E-state index is -4.93. The van der Waals surface area contributed by atoms with Gasteiger partial charge in [0.15, 0.2) is 6.10 Å². The van der Waals surface area contributed by atoms with Crippen molar-refractivity contribution in [3.63, 3.8) is 0 Å². The minimum absolute atomic E-state index is 0.111. The van der Waals surface area contributed by atoms with Crippen LogP contribution in [0, 0.1) is 0 Å². The molecule has 0 fully saturated rings. The van der Waals surface area contributed by atoms with Crippen LogP contribution in [0.1, 0.15) is 457 Å². The second kappa shape index (κ2) is 95.1. The lowest BCUT2D eigenvalue weighted by atomic mass is 10.0. The predicted octanol–water partition coefficient (Wildman–Crippen LogP) is 31.1. The smallest absolute Gasteiger partial charge is 0.463 e. The monoisotopic (exact) mass is 1740 g/mol. The number of carbonyl (C=O) groups is 3. The summed E-state index contributed by atoms with van der Waals surface area (Å²) in [5.74, 6) is -1.54. The Balaban J connectivity index is 4.38. The van der Waals surface area contributed by atoms with Crippen molar-refractivity contribution in [3.8, 4) is 0 Å². The highest BCUT2D eigenvalue weighted by molar-refractivity contribution is 7.47. The topological polar surface area (TPSA) is 231 Å². The molecule has 4 N–H and O–H groups in total.